The van der Waals surface area contributed by atoms with Gasteiger partial charge in [0, 0.05) is 45.5 Å². The van der Waals surface area contributed by atoms with Gasteiger partial charge in [-0.3, -0.25) is 9.48 Å². The van der Waals surface area contributed by atoms with Crippen LogP contribution in [0.25, 0.3) is 5.82 Å². The Kier molecular flexibility index (Phi) is 3.87. The van der Waals surface area contributed by atoms with Gasteiger partial charge in [-0.25, -0.2) is 0 Å². The second-order valence-electron chi connectivity index (χ2n) is 6.49. The summed E-state index contributed by atoms with van der Waals surface area (Å²) in [6.45, 7) is 1.42. The Morgan fingerprint density at radius 3 is 2.76 bits per heavy atom. The van der Waals surface area contributed by atoms with Crippen LogP contribution >= 0.6 is 0 Å². The Labute approximate surface area is 145 Å². The summed E-state index contributed by atoms with van der Waals surface area (Å²) in [4.78, 5) is 15.1. The third kappa shape index (κ3) is 2.73. The molecule has 1 aliphatic heterocycles. The van der Waals surface area contributed by atoms with E-state index in [0.717, 1.165) is 31.0 Å². The summed E-state index contributed by atoms with van der Waals surface area (Å²) in [5.74, 6) is 1.96. The van der Waals surface area contributed by atoms with E-state index in [1.54, 1.807) is 17.2 Å². The molecule has 4 heterocycles. The molecule has 1 atom stereocenters. The first-order valence-electron chi connectivity index (χ1n) is 8.43. The van der Waals surface area contributed by atoms with Crippen molar-refractivity contribution in [1.82, 2.24) is 34.0 Å². The third-order valence-electron chi connectivity index (χ3n) is 4.81. The summed E-state index contributed by atoms with van der Waals surface area (Å²) >= 11 is 0. The molecule has 4 rings (SSSR count). The molecule has 25 heavy (non-hydrogen) atoms. The predicted octanol–water partition coefficient (Wildman–Crippen LogP) is 1.36. The van der Waals surface area contributed by atoms with Crippen LogP contribution in [0.2, 0.25) is 0 Å². The number of nitrogens with zero attached hydrogens (tertiary/aromatic N) is 7. The number of carbonyl (C=O) groups is 1. The van der Waals surface area contributed by atoms with E-state index in [1.807, 2.05) is 52.7 Å². The molecule has 0 aliphatic carbocycles. The Morgan fingerprint density at radius 1 is 1.24 bits per heavy atom. The zero-order valence-corrected chi connectivity index (χ0v) is 14.4. The van der Waals surface area contributed by atoms with E-state index in [-0.39, 0.29) is 11.8 Å². The summed E-state index contributed by atoms with van der Waals surface area (Å²) in [6.07, 6.45) is 9.19. The SMILES string of the molecule is Cn1cnnc1[C@@H]1CCCN(C(=O)c2cnn(C)c2-n2cccc2)C1. The van der Waals surface area contributed by atoms with Crippen LogP contribution in [0.5, 0.6) is 0 Å². The lowest BCUT2D eigenvalue weighted by Crippen LogP contribution is -2.40. The summed E-state index contributed by atoms with van der Waals surface area (Å²) in [5.41, 5.74) is 0.623. The van der Waals surface area contributed by atoms with Crippen LogP contribution in [-0.2, 0) is 14.1 Å². The minimum atomic E-state index is 0.0173. The average molecular weight is 339 g/mol. The summed E-state index contributed by atoms with van der Waals surface area (Å²) in [6, 6.07) is 3.87. The molecule has 0 bridgehead atoms. The quantitative estimate of drug-likeness (QED) is 0.722. The lowest BCUT2D eigenvalue weighted by Gasteiger charge is -2.32. The number of aromatic nitrogens is 6. The zero-order valence-electron chi connectivity index (χ0n) is 14.4. The van der Waals surface area contributed by atoms with E-state index >= 15 is 0 Å². The molecule has 3 aromatic rings. The average Bonchev–Trinajstić information content (AvgIpc) is 3.35. The van der Waals surface area contributed by atoms with Gasteiger partial charge in [-0.1, -0.05) is 0 Å². The van der Waals surface area contributed by atoms with Crippen molar-refractivity contribution in [2.45, 2.75) is 18.8 Å². The Hall–Kier alpha value is -2.90. The highest BCUT2D eigenvalue weighted by Crippen LogP contribution is 2.27. The van der Waals surface area contributed by atoms with Crippen LogP contribution in [0, 0.1) is 0 Å². The number of amides is 1. The first kappa shape index (κ1) is 15.6. The highest BCUT2D eigenvalue weighted by atomic mass is 16.2. The maximum Gasteiger partial charge on any atom is 0.259 e. The third-order valence-corrected chi connectivity index (χ3v) is 4.81. The molecule has 3 aromatic heterocycles. The van der Waals surface area contributed by atoms with Crippen molar-refractivity contribution in [2.75, 3.05) is 13.1 Å². The Balaban J connectivity index is 1.60. The Morgan fingerprint density at radius 2 is 2.04 bits per heavy atom. The minimum Gasteiger partial charge on any atom is -0.338 e. The molecule has 0 aromatic carbocycles. The molecule has 1 fully saturated rings. The number of rotatable bonds is 3. The molecule has 0 saturated carbocycles. The van der Waals surface area contributed by atoms with Crippen LogP contribution in [0.3, 0.4) is 0 Å². The molecule has 8 nitrogen and oxygen atoms in total. The number of likely N-dealkylation sites (tertiary alicyclic amines) is 1. The molecule has 1 amide bonds. The van der Waals surface area contributed by atoms with Crippen molar-refractivity contribution in [1.29, 1.82) is 0 Å². The maximum absolute atomic E-state index is 13.1. The van der Waals surface area contributed by atoms with Crippen molar-refractivity contribution in [2.24, 2.45) is 14.1 Å². The highest BCUT2D eigenvalue weighted by molar-refractivity contribution is 5.97. The molecule has 8 heteroatoms. The van der Waals surface area contributed by atoms with E-state index in [1.165, 1.54) is 0 Å². The molecular formula is C17H21N7O. The normalized spacial score (nSPS) is 17.8. The first-order chi connectivity index (χ1) is 12.1. The number of hydrogen-bond donors (Lipinski definition) is 0. The summed E-state index contributed by atoms with van der Waals surface area (Å²) in [5, 5.41) is 12.5. The molecule has 1 aliphatic rings. The van der Waals surface area contributed by atoms with E-state index in [0.29, 0.717) is 12.1 Å². The standard InChI is InChI=1S/C17H21N7O/c1-21-12-18-20-15(21)13-6-5-9-24(11-13)17(25)14-10-19-22(2)16(14)23-7-3-4-8-23/h3-4,7-8,10,12-13H,5-6,9,11H2,1-2H3/t13-/m1/s1. The van der Waals surface area contributed by atoms with Gasteiger partial charge in [-0.2, -0.15) is 5.10 Å². The largest absolute Gasteiger partial charge is 0.338 e. The summed E-state index contributed by atoms with van der Waals surface area (Å²) < 4.78 is 5.59. The van der Waals surface area contributed by atoms with Crippen molar-refractivity contribution in [3.63, 3.8) is 0 Å². The van der Waals surface area contributed by atoms with E-state index in [4.69, 9.17) is 0 Å². The van der Waals surface area contributed by atoms with Crippen LogP contribution in [0.1, 0.15) is 34.9 Å². The molecule has 0 radical (unpaired) electrons. The highest BCUT2D eigenvalue weighted by Gasteiger charge is 2.30. The zero-order chi connectivity index (χ0) is 17.4. The van der Waals surface area contributed by atoms with Gasteiger partial charge in [0.05, 0.1) is 6.20 Å². The molecule has 130 valence electrons. The van der Waals surface area contributed by atoms with Crippen LogP contribution in [0.4, 0.5) is 0 Å². The Bertz CT molecular complexity index is 877. The smallest absolute Gasteiger partial charge is 0.259 e. The monoisotopic (exact) mass is 339 g/mol. The van der Waals surface area contributed by atoms with Gasteiger partial charge >= 0.3 is 0 Å². The van der Waals surface area contributed by atoms with Crippen molar-refractivity contribution < 1.29 is 4.79 Å². The maximum atomic E-state index is 13.1. The lowest BCUT2D eigenvalue weighted by atomic mass is 9.96. The van der Waals surface area contributed by atoms with Crippen LogP contribution in [0.15, 0.2) is 37.1 Å². The fourth-order valence-corrected chi connectivity index (χ4v) is 3.57. The van der Waals surface area contributed by atoms with Gasteiger partial charge in [0.1, 0.15) is 23.5 Å². The topological polar surface area (TPSA) is 73.8 Å². The number of hydrogen-bond acceptors (Lipinski definition) is 4. The van der Waals surface area contributed by atoms with Gasteiger partial charge in [0.2, 0.25) is 0 Å². The molecule has 0 N–H and O–H groups in total. The van der Waals surface area contributed by atoms with Gasteiger partial charge < -0.3 is 14.0 Å². The van der Waals surface area contributed by atoms with E-state index in [9.17, 15) is 4.79 Å². The van der Waals surface area contributed by atoms with Crippen LogP contribution in [-0.4, -0.2) is 53.0 Å². The summed E-state index contributed by atoms with van der Waals surface area (Å²) in [7, 11) is 3.80. The second kappa shape index (κ2) is 6.19. The fourth-order valence-electron chi connectivity index (χ4n) is 3.57. The van der Waals surface area contributed by atoms with E-state index in [2.05, 4.69) is 15.3 Å². The van der Waals surface area contributed by atoms with Gasteiger partial charge in [-0.15, -0.1) is 10.2 Å². The van der Waals surface area contributed by atoms with Crippen molar-refractivity contribution >= 4 is 5.91 Å². The second-order valence-corrected chi connectivity index (χ2v) is 6.49. The van der Waals surface area contributed by atoms with Crippen molar-refractivity contribution in [3.05, 3.63) is 48.4 Å². The lowest BCUT2D eigenvalue weighted by molar-refractivity contribution is 0.0703. The first-order valence-corrected chi connectivity index (χ1v) is 8.43. The predicted molar refractivity (Wildman–Crippen MR) is 91.4 cm³/mol. The van der Waals surface area contributed by atoms with Gasteiger partial charge in [0.15, 0.2) is 0 Å². The minimum absolute atomic E-state index is 0.0173. The van der Waals surface area contributed by atoms with E-state index < -0.39 is 0 Å². The molecule has 0 unspecified atom stereocenters. The van der Waals surface area contributed by atoms with Crippen LogP contribution < -0.4 is 0 Å². The van der Waals surface area contributed by atoms with Gasteiger partial charge in [0.25, 0.3) is 5.91 Å². The number of piperidine rings is 1. The molecular weight excluding hydrogens is 318 g/mol. The molecule has 0 spiro atoms. The molecule has 1 saturated heterocycles. The number of carbonyl (C=O) groups excluding carboxylic acids is 1. The fraction of sp³-hybridized carbons (Fsp3) is 0.412. The van der Waals surface area contributed by atoms with Gasteiger partial charge in [-0.05, 0) is 25.0 Å². The van der Waals surface area contributed by atoms with Crippen molar-refractivity contribution in [3.8, 4) is 5.82 Å². The number of aryl methyl sites for hydroxylation is 2.